The van der Waals surface area contributed by atoms with Crippen molar-refractivity contribution < 1.29 is 4.79 Å². The first-order valence-corrected chi connectivity index (χ1v) is 9.20. The normalized spacial score (nSPS) is 16.9. The summed E-state index contributed by atoms with van der Waals surface area (Å²) in [5, 5.41) is 12.2. The van der Waals surface area contributed by atoms with E-state index >= 15 is 0 Å². The van der Waals surface area contributed by atoms with Crippen molar-refractivity contribution in [1.29, 1.82) is 0 Å². The average molecular weight is 383 g/mol. The van der Waals surface area contributed by atoms with Gasteiger partial charge < -0.3 is 10.2 Å². The third kappa shape index (κ3) is 4.09. The van der Waals surface area contributed by atoms with Crippen LogP contribution >= 0.6 is 11.6 Å². The van der Waals surface area contributed by atoms with Gasteiger partial charge in [0.05, 0.1) is 5.92 Å². The molecule has 0 radical (unpaired) electrons. The van der Waals surface area contributed by atoms with Crippen molar-refractivity contribution in [3.05, 3.63) is 60.1 Å². The lowest BCUT2D eigenvalue weighted by molar-refractivity contribution is -0.120. The van der Waals surface area contributed by atoms with Crippen LogP contribution in [-0.2, 0) is 4.79 Å². The van der Waals surface area contributed by atoms with Crippen LogP contribution in [0, 0.1) is 5.92 Å². The number of hydrogen-bond acceptors (Lipinski definition) is 5. The summed E-state index contributed by atoms with van der Waals surface area (Å²) < 4.78 is 1.80. The first-order valence-electron chi connectivity index (χ1n) is 8.82. The Hall–Kier alpha value is -2.93. The highest BCUT2D eigenvalue weighted by molar-refractivity contribution is 6.30. The fourth-order valence-corrected chi connectivity index (χ4v) is 3.32. The number of nitrogens with zero attached hydrogens (tertiary/aromatic N) is 5. The van der Waals surface area contributed by atoms with Crippen LogP contribution in [0.15, 0.2) is 55.1 Å². The third-order valence-electron chi connectivity index (χ3n) is 4.63. The highest BCUT2D eigenvalue weighted by Crippen LogP contribution is 2.23. The van der Waals surface area contributed by atoms with Gasteiger partial charge in [-0.1, -0.05) is 11.6 Å². The Labute approximate surface area is 162 Å². The predicted octanol–water partition coefficient (Wildman–Crippen LogP) is 3.17. The van der Waals surface area contributed by atoms with Gasteiger partial charge in [0.2, 0.25) is 5.91 Å². The van der Waals surface area contributed by atoms with Gasteiger partial charge in [-0.05, 0) is 49.2 Å². The number of piperidine rings is 1. The summed E-state index contributed by atoms with van der Waals surface area (Å²) in [5.41, 5.74) is 0.756. The monoisotopic (exact) mass is 382 g/mol. The minimum atomic E-state index is -0.0930. The molecule has 1 aliphatic heterocycles. The molecule has 0 bridgehead atoms. The smallest absolute Gasteiger partial charge is 0.229 e. The number of carbonyl (C=O) groups excluding carboxylic acids is 1. The maximum Gasteiger partial charge on any atom is 0.229 e. The second kappa shape index (κ2) is 7.75. The third-order valence-corrected chi connectivity index (χ3v) is 4.89. The number of nitrogens with one attached hydrogen (secondary N) is 1. The molecule has 1 aromatic carbocycles. The zero-order chi connectivity index (χ0) is 18.6. The van der Waals surface area contributed by atoms with Crippen LogP contribution in [0.4, 0.5) is 11.5 Å². The molecule has 0 saturated carbocycles. The Balaban J connectivity index is 1.41. The molecule has 1 atom stereocenters. The molecule has 1 aliphatic rings. The lowest BCUT2D eigenvalue weighted by Gasteiger charge is -2.32. The summed E-state index contributed by atoms with van der Waals surface area (Å²) >= 11 is 5.89. The molecule has 7 nitrogen and oxygen atoms in total. The molecule has 2 aromatic heterocycles. The van der Waals surface area contributed by atoms with E-state index in [0.29, 0.717) is 17.4 Å². The summed E-state index contributed by atoms with van der Waals surface area (Å²) in [7, 11) is 0. The van der Waals surface area contributed by atoms with E-state index < -0.39 is 0 Å². The van der Waals surface area contributed by atoms with Gasteiger partial charge in [-0.3, -0.25) is 9.36 Å². The molecular formula is C19H19ClN6O. The van der Waals surface area contributed by atoms with E-state index in [-0.39, 0.29) is 11.8 Å². The van der Waals surface area contributed by atoms with Crippen molar-refractivity contribution in [2.75, 3.05) is 23.3 Å². The molecule has 138 valence electrons. The van der Waals surface area contributed by atoms with E-state index in [4.69, 9.17) is 11.6 Å². The van der Waals surface area contributed by atoms with Gasteiger partial charge in [-0.15, -0.1) is 10.2 Å². The fourth-order valence-electron chi connectivity index (χ4n) is 3.20. The van der Waals surface area contributed by atoms with Crippen molar-refractivity contribution in [3.63, 3.8) is 0 Å². The fraction of sp³-hybridized carbons (Fsp3) is 0.263. The van der Waals surface area contributed by atoms with E-state index in [1.165, 1.54) is 0 Å². The Morgan fingerprint density at radius 2 is 1.89 bits per heavy atom. The molecule has 3 aromatic rings. The minimum Gasteiger partial charge on any atom is -0.354 e. The summed E-state index contributed by atoms with van der Waals surface area (Å²) in [5.74, 6) is 1.42. The molecule has 3 heterocycles. The maximum absolute atomic E-state index is 12.6. The summed E-state index contributed by atoms with van der Waals surface area (Å²) in [4.78, 5) is 18.7. The van der Waals surface area contributed by atoms with Gasteiger partial charge in [0.25, 0.3) is 0 Å². The first-order chi connectivity index (χ1) is 13.2. The SMILES string of the molecule is O=C(Nc1ccc(Cl)cc1)C1CCCN(c2ccc(-n3ccnc3)nn2)C1. The topological polar surface area (TPSA) is 75.9 Å². The Morgan fingerprint density at radius 3 is 2.59 bits per heavy atom. The van der Waals surface area contributed by atoms with Crippen molar-refractivity contribution in [3.8, 4) is 5.82 Å². The maximum atomic E-state index is 12.6. The molecule has 8 heteroatoms. The molecule has 1 N–H and O–H groups in total. The highest BCUT2D eigenvalue weighted by atomic mass is 35.5. The predicted molar refractivity (Wildman–Crippen MR) is 104 cm³/mol. The standard InChI is InChI=1S/C19H19ClN6O/c20-15-3-5-16(6-4-15)22-19(27)14-2-1-10-25(12-14)17-7-8-18(24-23-17)26-11-9-21-13-26/h3-9,11,13-14H,1-2,10,12H2,(H,22,27). The number of carbonyl (C=O) groups is 1. The molecule has 1 saturated heterocycles. The van der Waals surface area contributed by atoms with Gasteiger partial charge in [0.15, 0.2) is 11.6 Å². The highest BCUT2D eigenvalue weighted by Gasteiger charge is 2.26. The zero-order valence-corrected chi connectivity index (χ0v) is 15.4. The van der Waals surface area contributed by atoms with Gasteiger partial charge in [0, 0.05) is 36.2 Å². The molecule has 1 fully saturated rings. The van der Waals surface area contributed by atoms with E-state index in [0.717, 1.165) is 30.9 Å². The molecule has 27 heavy (non-hydrogen) atoms. The van der Waals surface area contributed by atoms with Gasteiger partial charge in [0.1, 0.15) is 6.33 Å². The number of anilines is 2. The molecule has 1 amide bonds. The molecule has 0 spiro atoms. The second-order valence-corrected chi connectivity index (χ2v) is 6.94. The van der Waals surface area contributed by atoms with Crippen molar-refractivity contribution >= 4 is 29.0 Å². The van der Waals surface area contributed by atoms with Crippen LogP contribution in [0.25, 0.3) is 5.82 Å². The Kier molecular flexibility index (Phi) is 5.02. The van der Waals surface area contributed by atoms with E-state index in [1.807, 2.05) is 18.3 Å². The van der Waals surface area contributed by atoms with E-state index in [1.54, 1.807) is 41.4 Å². The van der Waals surface area contributed by atoms with Crippen LogP contribution in [0.2, 0.25) is 5.02 Å². The summed E-state index contributed by atoms with van der Waals surface area (Å²) in [6, 6.07) is 11.0. The molecular weight excluding hydrogens is 364 g/mol. The van der Waals surface area contributed by atoms with Crippen LogP contribution < -0.4 is 10.2 Å². The van der Waals surface area contributed by atoms with Gasteiger partial charge >= 0.3 is 0 Å². The van der Waals surface area contributed by atoms with E-state index in [9.17, 15) is 4.79 Å². The summed E-state index contributed by atoms with van der Waals surface area (Å²) in [6.07, 6.45) is 6.99. The number of hydrogen-bond donors (Lipinski definition) is 1. The Bertz CT molecular complexity index is 895. The average Bonchev–Trinajstić information content (AvgIpc) is 3.25. The summed E-state index contributed by atoms with van der Waals surface area (Å²) in [6.45, 7) is 1.49. The number of halogens is 1. The largest absolute Gasteiger partial charge is 0.354 e. The van der Waals surface area contributed by atoms with Crippen LogP contribution in [-0.4, -0.2) is 38.7 Å². The lowest BCUT2D eigenvalue weighted by Crippen LogP contribution is -2.41. The molecule has 0 aliphatic carbocycles. The number of imidazole rings is 1. The number of aromatic nitrogens is 4. The Morgan fingerprint density at radius 1 is 1.11 bits per heavy atom. The molecule has 4 rings (SSSR count). The van der Waals surface area contributed by atoms with Gasteiger partial charge in [-0.2, -0.15) is 0 Å². The van der Waals surface area contributed by atoms with Crippen LogP contribution in [0.1, 0.15) is 12.8 Å². The number of rotatable bonds is 4. The van der Waals surface area contributed by atoms with Crippen molar-refractivity contribution in [2.24, 2.45) is 5.92 Å². The van der Waals surface area contributed by atoms with Crippen LogP contribution in [0.5, 0.6) is 0 Å². The van der Waals surface area contributed by atoms with Gasteiger partial charge in [-0.25, -0.2) is 4.98 Å². The number of amides is 1. The molecule has 1 unspecified atom stereocenters. The van der Waals surface area contributed by atoms with Crippen molar-refractivity contribution in [1.82, 2.24) is 19.7 Å². The second-order valence-electron chi connectivity index (χ2n) is 6.50. The first kappa shape index (κ1) is 17.5. The van der Waals surface area contributed by atoms with E-state index in [2.05, 4.69) is 25.4 Å². The van der Waals surface area contributed by atoms with Crippen molar-refractivity contribution in [2.45, 2.75) is 12.8 Å². The quantitative estimate of drug-likeness (QED) is 0.750. The number of benzene rings is 1. The minimum absolute atomic E-state index is 0.0185. The lowest BCUT2D eigenvalue weighted by atomic mass is 9.97. The zero-order valence-electron chi connectivity index (χ0n) is 14.6. The van der Waals surface area contributed by atoms with Crippen LogP contribution in [0.3, 0.4) is 0 Å².